The minimum absolute atomic E-state index is 0.531. The molecule has 0 aromatic heterocycles. The molecule has 2 rings (SSSR count). The van der Waals surface area contributed by atoms with Crippen LogP contribution in [-0.2, 0) is 5.60 Å². The van der Waals surface area contributed by atoms with E-state index in [4.69, 9.17) is 17.3 Å². The molecule has 0 heterocycles. The van der Waals surface area contributed by atoms with Gasteiger partial charge in [0.1, 0.15) is 5.60 Å². The molecular weight excluding hydrogens is 236 g/mol. The number of anilines is 1. The van der Waals surface area contributed by atoms with E-state index in [0.29, 0.717) is 16.3 Å². The zero-order chi connectivity index (χ0) is 12.5. The molecule has 2 aromatic rings. The fourth-order valence-electron chi connectivity index (χ4n) is 1.87. The molecule has 0 amide bonds. The Hall–Kier alpha value is -1.51. The van der Waals surface area contributed by atoms with Crippen molar-refractivity contribution in [1.29, 1.82) is 0 Å². The van der Waals surface area contributed by atoms with Crippen LogP contribution in [0.3, 0.4) is 0 Å². The van der Waals surface area contributed by atoms with E-state index in [2.05, 4.69) is 0 Å². The lowest BCUT2D eigenvalue weighted by Crippen LogP contribution is -2.24. The predicted molar refractivity (Wildman–Crippen MR) is 71.0 cm³/mol. The minimum Gasteiger partial charge on any atom is -0.398 e. The van der Waals surface area contributed by atoms with Crippen molar-refractivity contribution in [3.63, 3.8) is 0 Å². The molecule has 0 aliphatic heterocycles. The molecular formula is C14H14ClNO. The van der Waals surface area contributed by atoms with Crippen LogP contribution in [0.25, 0.3) is 0 Å². The van der Waals surface area contributed by atoms with Gasteiger partial charge in [0.25, 0.3) is 0 Å². The largest absolute Gasteiger partial charge is 0.398 e. The van der Waals surface area contributed by atoms with Gasteiger partial charge >= 0.3 is 0 Å². The highest BCUT2D eigenvalue weighted by Gasteiger charge is 2.27. The smallest absolute Gasteiger partial charge is 0.114 e. The number of nitrogen functional groups attached to an aromatic ring is 1. The van der Waals surface area contributed by atoms with Crippen molar-refractivity contribution in [2.45, 2.75) is 12.5 Å². The van der Waals surface area contributed by atoms with Crippen LogP contribution in [-0.4, -0.2) is 5.11 Å². The van der Waals surface area contributed by atoms with Crippen molar-refractivity contribution in [3.8, 4) is 0 Å². The molecule has 0 radical (unpaired) electrons. The van der Waals surface area contributed by atoms with Crippen LogP contribution in [0, 0.1) is 0 Å². The second-order valence-electron chi connectivity index (χ2n) is 4.17. The van der Waals surface area contributed by atoms with Crippen LogP contribution in [0.1, 0.15) is 18.1 Å². The van der Waals surface area contributed by atoms with E-state index in [9.17, 15) is 5.11 Å². The first-order valence-corrected chi connectivity index (χ1v) is 5.73. The highest BCUT2D eigenvalue weighted by molar-refractivity contribution is 6.30. The van der Waals surface area contributed by atoms with E-state index in [1.807, 2.05) is 30.3 Å². The highest BCUT2D eigenvalue weighted by Crippen LogP contribution is 2.34. The summed E-state index contributed by atoms with van der Waals surface area (Å²) in [6.07, 6.45) is 0. The topological polar surface area (TPSA) is 46.2 Å². The summed E-state index contributed by atoms with van der Waals surface area (Å²) in [4.78, 5) is 0. The number of benzene rings is 2. The fraction of sp³-hybridized carbons (Fsp3) is 0.143. The summed E-state index contributed by atoms with van der Waals surface area (Å²) in [5.74, 6) is 0. The van der Waals surface area contributed by atoms with Gasteiger partial charge in [-0.15, -0.1) is 0 Å². The molecule has 0 saturated carbocycles. The van der Waals surface area contributed by atoms with Gasteiger partial charge in [-0.25, -0.2) is 0 Å². The van der Waals surface area contributed by atoms with Crippen LogP contribution in [0.4, 0.5) is 5.69 Å². The molecule has 2 nitrogen and oxygen atoms in total. The van der Waals surface area contributed by atoms with Crippen LogP contribution in [0.15, 0.2) is 48.5 Å². The number of rotatable bonds is 2. The van der Waals surface area contributed by atoms with Gasteiger partial charge in [-0.05, 0) is 30.7 Å². The summed E-state index contributed by atoms with van der Waals surface area (Å²) in [7, 11) is 0. The third-order valence-electron chi connectivity index (χ3n) is 2.88. The zero-order valence-electron chi connectivity index (χ0n) is 9.52. The lowest BCUT2D eigenvalue weighted by atomic mass is 10.2. The SMILES string of the molecule is C[14C](O)(c1ccccc1)c1cc(Cl)ccc1N. The molecule has 0 bridgehead atoms. The summed E-state index contributed by atoms with van der Waals surface area (Å²) in [6, 6.07) is 14.5. The molecule has 1 unspecified atom stereocenters. The molecule has 3 N–H and O–H groups in total. The van der Waals surface area contributed by atoms with Crippen LogP contribution in [0.5, 0.6) is 0 Å². The first-order chi connectivity index (χ1) is 8.01. The van der Waals surface area contributed by atoms with Gasteiger partial charge in [0.15, 0.2) is 0 Å². The average Bonchev–Trinajstić information content (AvgIpc) is 2.33. The van der Waals surface area contributed by atoms with Crippen molar-refractivity contribution in [3.05, 3.63) is 64.7 Å². The standard InChI is InChI=1S/C14H14ClNO/c1-14(17,10-5-3-2-4-6-10)12-9-11(15)7-8-13(12)16/h2-9,17H,16H2,1H3/i14+2. The van der Waals surface area contributed by atoms with E-state index in [0.717, 1.165) is 5.56 Å². The Balaban J connectivity index is 2.55. The first-order valence-electron chi connectivity index (χ1n) is 5.35. The van der Waals surface area contributed by atoms with Crippen molar-refractivity contribution < 1.29 is 5.11 Å². The average molecular weight is 250 g/mol. The number of hydrogen-bond donors (Lipinski definition) is 2. The molecule has 0 spiro atoms. The van der Waals surface area contributed by atoms with Gasteiger partial charge in [-0.3, -0.25) is 0 Å². The van der Waals surface area contributed by atoms with Crippen LogP contribution >= 0.6 is 11.6 Å². The minimum atomic E-state index is -1.14. The van der Waals surface area contributed by atoms with Crippen LogP contribution in [0.2, 0.25) is 5.02 Å². The maximum absolute atomic E-state index is 10.6. The molecule has 0 saturated heterocycles. The van der Waals surface area contributed by atoms with Crippen molar-refractivity contribution in [2.24, 2.45) is 0 Å². The zero-order valence-corrected chi connectivity index (χ0v) is 10.3. The molecule has 0 aliphatic rings. The predicted octanol–water partition coefficient (Wildman–Crippen LogP) is 3.18. The lowest BCUT2D eigenvalue weighted by molar-refractivity contribution is 0.103. The quantitative estimate of drug-likeness (QED) is 0.803. The summed E-state index contributed by atoms with van der Waals surface area (Å²) in [6.45, 7) is 1.71. The van der Waals surface area contributed by atoms with E-state index in [1.54, 1.807) is 25.1 Å². The van der Waals surface area contributed by atoms with E-state index >= 15 is 0 Å². The molecule has 17 heavy (non-hydrogen) atoms. The summed E-state index contributed by atoms with van der Waals surface area (Å²) < 4.78 is 0. The Morgan fingerprint density at radius 2 is 1.76 bits per heavy atom. The molecule has 1 atom stereocenters. The maximum Gasteiger partial charge on any atom is 0.114 e. The van der Waals surface area contributed by atoms with Gasteiger partial charge in [-0.2, -0.15) is 0 Å². The Morgan fingerprint density at radius 3 is 2.41 bits per heavy atom. The van der Waals surface area contributed by atoms with Crippen molar-refractivity contribution >= 4 is 17.3 Å². The van der Waals surface area contributed by atoms with Gasteiger partial charge in [0.2, 0.25) is 0 Å². The Morgan fingerprint density at radius 1 is 1.12 bits per heavy atom. The van der Waals surface area contributed by atoms with E-state index < -0.39 is 5.60 Å². The van der Waals surface area contributed by atoms with Gasteiger partial charge in [0.05, 0.1) is 0 Å². The second-order valence-corrected chi connectivity index (χ2v) is 4.61. The fourth-order valence-corrected chi connectivity index (χ4v) is 2.04. The second kappa shape index (κ2) is 4.40. The molecule has 88 valence electrons. The number of hydrogen-bond acceptors (Lipinski definition) is 2. The van der Waals surface area contributed by atoms with Crippen molar-refractivity contribution in [2.75, 3.05) is 5.73 Å². The van der Waals surface area contributed by atoms with E-state index in [1.165, 1.54) is 0 Å². The Labute approximate surface area is 106 Å². The van der Waals surface area contributed by atoms with Gasteiger partial charge in [-0.1, -0.05) is 41.9 Å². The number of halogens is 1. The number of aliphatic hydroxyl groups is 1. The number of nitrogens with two attached hydrogens (primary N) is 1. The molecule has 2 aromatic carbocycles. The van der Waals surface area contributed by atoms with E-state index in [-0.39, 0.29) is 0 Å². The summed E-state index contributed by atoms with van der Waals surface area (Å²) in [5.41, 5.74) is 6.69. The van der Waals surface area contributed by atoms with Gasteiger partial charge < -0.3 is 10.8 Å². The lowest BCUT2D eigenvalue weighted by Gasteiger charge is -2.26. The Bertz CT molecular complexity index is 523. The highest BCUT2D eigenvalue weighted by atomic mass is 35.5. The normalized spacial score (nSPS) is 14.3. The van der Waals surface area contributed by atoms with Crippen molar-refractivity contribution in [1.82, 2.24) is 0 Å². The van der Waals surface area contributed by atoms with Gasteiger partial charge in [0, 0.05) is 16.3 Å². The summed E-state index contributed by atoms with van der Waals surface area (Å²) in [5, 5.41) is 11.2. The molecule has 3 heteroatoms. The Kier molecular flexibility index (Phi) is 3.09. The molecule has 0 aliphatic carbocycles. The monoisotopic (exact) mass is 249 g/mol. The van der Waals surface area contributed by atoms with Crippen LogP contribution < -0.4 is 5.73 Å². The molecule has 0 fully saturated rings. The maximum atomic E-state index is 10.6. The third-order valence-corrected chi connectivity index (χ3v) is 3.11. The first kappa shape index (κ1) is 12.0. The third kappa shape index (κ3) is 2.28. The summed E-state index contributed by atoms with van der Waals surface area (Å²) >= 11 is 5.94.